The molecule has 0 amide bonds. The molecule has 0 spiro atoms. The lowest BCUT2D eigenvalue weighted by Gasteiger charge is -2.12. The minimum absolute atomic E-state index is 0.374. The Balaban J connectivity index is 0.000000370. The first-order valence-corrected chi connectivity index (χ1v) is 7.92. The summed E-state index contributed by atoms with van der Waals surface area (Å²) in [5, 5.41) is 26.3. The molecule has 2 aromatic heterocycles. The van der Waals surface area contributed by atoms with E-state index in [0.29, 0.717) is 23.2 Å². The van der Waals surface area contributed by atoms with E-state index in [4.69, 9.17) is 15.0 Å². The molecular formula is C17H14F3N3O6. The van der Waals surface area contributed by atoms with E-state index in [1.54, 1.807) is 31.5 Å². The van der Waals surface area contributed by atoms with Gasteiger partial charge in [0.15, 0.2) is 5.56 Å². The highest BCUT2D eigenvalue weighted by atomic mass is 19.4. The maximum absolute atomic E-state index is 11.9. The first kappa shape index (κ1) is 21.5. The molecule has 2 heterocycles. The average molecular weight is 413 g/mol. The number of aromatic nitrogens is 3. The Morgan fingerprint density at radius 1 is 1.21 bits per heavy atom. The first-order chi connectivity index (χ1) is 13.5. The number of hydrogen-bond acceptors (Lipinski definition) is 5. The molecule has 3 aromatic rings. The third-order valence-corrected chi connectivity index (χ3v) is 3.81. The number of imidazole rings is 1. The van der Waals surface area contributed by atoms with Crippen molar-refractivity contribution in [2.75, 3.05) is 0 Å². The third-order valence-electron chi connectivity index (χ3n) is 3.81. The molecule has 0 radical (unpaired) electrons. The largest absolute Gasteiger partial charge is 0.506 e. The summed E-state index contributed by atoms with van der Waals surface area (Å²) in [6.07, 6.45) is -3.15. The molecule has 0 aliphatic carbocycles. The van der Waals surface area contributed by atoms with E-state index in [1.807, 2.05) is 0 Å². The number of carbonyl (C=O) groups is 2. The van der Waals surface area contributed by atoms with Gasteiger partial charge in [0.05, 0.1) is 23.1 Å². The molecule has 0 saturated heterocycles. The molecule has 9 nitrogen and oxygen atoms in total. The maximum atomic E-state index is 11.9. The predicted molar refractivity (Wildman–Crippen MR) is 93.8 cm³/mol. The highest BCUT2D eigenvalue weighted by molar-refractivity contribution is 5.92. The van der Waals surface area contributed by atoms with Crippen molar-refractivity contribution < 1.29 is 38.1 Å². The summed E-state index contributed by atoms with van der Waals surface area (Å²) in [5.74, 6) is -4.70. The number of alkyl halides is 3. The summed E-state index contributed by atoms with van der Waals surface area (Å²) in [5.41, 5.74) is 1.54. The summed E-state index contributed by atoms with van der Waals surface area (Å²) >= 11 is 0. The van der Waals surface area contributed by atoms with E-state index in [-0.39, 0.29) is 0 Å². The molecule has 154 valence electrons. The van der Waals surface area contributed by atoms with Gasteiger partial charge in [0.2, 0.25) is 0 Å². The highest BCUT2D eigenvalue weighted by Gasteiger charge is 2.38. The molecule has 1 aromatic carbocycles. The number of benzene rings is 1. The van der Waals surface area contributed by atoms with Crippen LogP contribution < -0.4 is 5.56 Å². The van der Waals surface area contributed by atoms with Crippen LogP contribution in [0.1, 0.15) is 22.8 Å². The first-order valence-electron chi connectivity index (χ1n) is 7.92. The number of carboxylic acid groups (broad SMARTS) is 2. The molecule has 29 heavy (non-hydrogen) atoms. The fourth-order valence-electron chi connectivity index (χ4n) is 2.51. The number of nitrogens with zero attached hydrogens (tertiary/aromatic N) is 1. The number of aromatic carboxylic acids is 1. The van der Waals surface area contributed by atoms with E-state index in [1.165, 1.54) is 0 Å². The van der Waals surface area contributed by atoms with Gasteiger partial charge in [0.25, 0.3) is 5.56 Å². The molecule has 0 fully saturated rings. The molecule has 0 aliphatic heterocycles. The molecule has 3 rings (SSSR count). The minimum atomic E-state index is -5.08. The number of aliphatic carboxylic acids is 1. The number of hydrogen-bond donors (Lipinski definition) is 5. The fourth-order valence-corrected chi connectivity index (χ4v) is 2.51. The second kappa shape index (κ2) is 8.04. The van der Waals surface area contributed by atoms with Crippen molar-refractivity contribution in [3.05, 3.63) is 46.0 Å². The third kappa shape index (κ3) is 4.54. The monoisotopic (exact) mass is 413 g/mol. The summed E-state index contributed by atoms with van der Waals surface area (Å²) < 4.78 is 31.7. The van der Waals surface area contributed by atoms with Crippen LogP contribution in [0.3, 0.4) is 0 Å². The summed E-state index contributed by atoms with van der Waals surface area (Å²) in [4.78, 5) is 41.6. The summed E-state index contributed by atoms with van der Waals surface area (Å²) in [6.45, 7) is 1.78. The van der Waals surface area contributed by atoms with E-state index in [2.05, 4.69) is 15.0 Å². The average Bonchev–Trinajstić information content (AvgIpc) is 3.08. The number of fused-ring (bicyclic) bond motifs is 1. The van der Waals surface area contributed by atoms with Crippen LogP contribution in [0.5, 0.6) is 5.75 Å². The van der Waals surface area contributed by atoms with Gasteiger partial charge in [-0.3, -0.25) is 4.79 Å². The fraction of sp³-hybridized carbons (Fsp3) is 0.176. The van der Waals surface area contributed by atoms with Crippen molar-refractivity contribution in [3.8, 4) is 17.0 Å². The zero-order chi connectivity index (χ0) is 21.9. The Bertz CT molecular complexity index is 1130. The predicted octanol–water partition coefficient (Wildman–Crippen LogP) is 2.52. The van der Waals surface area contributed by atoms with Crippen LogP contribution in [-0.2, 0) is 11.2 Å². The van der Waals surface area contributed by atoms with Crippen molar-refractivity contribution in [3.63, 3.8) is 0 Å². The van der Waals surface area contributed by atoms with Crippen LogP contribution in [0, 0.1) is 0 Å². The van der Waals surface area contributed by atoms with Crippen molar-refractivity contribution in [2.24, 2.45) is 0 Å². The van der Waals surface area contributed by atoms with E-state index >= 15 is 0 Å². The summed E-state index contributed by atoms with van der Waals surface area (Å²) in [7, 11) is 0. The molecule has 0 atom stereocenters. The number of H-pyrrole nitrogens is 2. The lowest BCUT2D eigenvalue weighted by atomic mass is 10.0. The topological polar surface area (TPSA) is 156 Å². The van der Waals surface area contributed by atoms with Crippen LogP contribution in [0.4, 0.5) is 13.2 Å². The van der Waals surface area contributed by atoms with Crippen molar-refractivity contribution in [2.45, 2.75) is 19.5 Å². The van der Waals surface area contributed by atoms with Gasteiger partial charge in [-0.1, -0.05) is 13.0 Å². The molecule has 5 N–H and O–H groups in total. The van der Waals surface area contributed by atoms with Crippen LogP contribution in [0.2, 0.25) is 0 Å². The Kier molecular flexibility index (Phi) is 5.95. The maximum Gasteiger partial charge on any atom is 0.490 e. The van der Waals surface area contributed by atoms with Gasteiger partial charge in [-0.15, -0.1) is 0 Å². The van der Waals surface area contributed by atoms with Gasteiger partial charge in [-0.05, 0) is 18.6 Å². The number of aromatic hydroxyl groups is 1. The number of rotatable bonds is 3. The Morgan fingerprint density at radius 3 is 2.34 bits per heavy atom. The van der Waals surface area contributed by atoms with E-state index in [0.717, 1.165) is 11.0 Å². The minimum Gasteiger partial charge on any atom is -0.506 e. The number of halogens is 3. The highest BCUT2D eigenvalue weighted by Crippen LogP contribution is 2.30. The Morgan fingerprint density at radius 2 is 1.83 bits per heavy atom. The molecule has 0 aliphatic rings. The number of pyridine rings is 1. The van der Waals surface area contributed by atoms with Gasteiger partial charge in [0.1, 0.15) is 5.75 Å². The smallest absolute Gasteiger partial charge is 0.490 e. The van der Waals surface area contributed by atoms with E-state index < -0.39 is 35.0 Å². The molecule has 12 heteroatoms. The lowest BCUT2D eigenvalue weighted by molar-refractivity contribution is -0.192. The SMILES string of the molecule is CCc1c(-c2ccc3nc[nH]c3c2)[nH]c(=O)c(C(=O)O)c1O.O=C(O)C(F)(F)F. The normalized spacial score (nSPS) is 11.0. The zero-order valence-electron chi connectivity index (χ0n) is 14.7. The van der Waals surface area contributed by atoms with Gasteiger partial charge in [-0.25, -0.2) is 14.6 Å². The Labute approximate surface area is 159 Å². The second-order valence-corrected chi connectivity index (χ2v) is 5.63. The molecule has 0 saturated carbocycles. The molecular weight excluding hydrogens is 399 g/mol. The van der Waals surface area contributed by atoms with Crippen LogP contribution in [-0.4, -0.2) is 48.4 Å². The van der Waals surface area contributed by atoms with Gasteiger partial charge in [-0.2, -0.15) is 13.2 Å². The van der Waals surface area contributed by atoms with Crippen molar-refractivity contribution in [1.82, 2.24) is 15.0 Å². The van der Waals surface area contributed by atoms with Gasteiger partial charge < -0.3 is 25.3 Å². The number of nitrogens with one attached hydrogen (secondary N) is 2. The number of aromatic amines is 2. The van der Waals surface area contributed by atoms with Crippen LogP contribution in [0.25, 0.3) is 22.3 Å². The quantitative estimate of drug-likeness (QED) is 0.442. The van der Waals surface area contributed by atoms with Crippen LogP contribution in [0.15, 0.2) is 29.3 Å². The van der Waals surface area contributed by atoms with Gasteiger partial charge in [0, 0.05) is 11.1 Å². The number of carboxylic acids is 2. The Hall–Kier alpha value is -3.83. The van der Waals surface area contributed by atoms with Crippen molar-refractivity contribution >= 4 is 23.0 Å². The zero-order valence-corrected chi connectivity index (χ0v) is 14.7. The molecule has 0 unspecified atom stereocenters. The van der Waals surface area contributed by atoms with E-state index in [9.17, 15) is 27.9 Å². The van der Waals surface area contributed by atoms with Crippen molar-refractivity contribution in [1.29, 1.82) is 0 Å². The molecule has 0 bridgehead atoms. The second-order valence-electron chi connectivity index (χ2n) is 5.63. The standard InChI is InChI=1S/C15H13N3O4.C2HF3O2/c1-2-8-12(18-14(20)11(13(8)19)15(21)22)7-3-4-9-10(5-7)17-6-16-9;3-2(4,5)1(6)7/h3-6H,2H2,1H3,(H,16,17)(H,21,22)(H2,18,19,20);(H,6,7). The van der Waals surface area contributed by atoms with Gasteiger partial charge >= 0.3 is 18.1 Å². The lowest BCUT2D eigenvalue weighted by Crippen LogP contribution is -2.21. The van der Waals surface area contributed by atoms with Crippen LogP contribution >= 0.6 is 0 Å². The summed E-state index contributed by atoms with van der Waals surface area (Å²) in [6, 6.07) is 5.32.